The first-order valence-electron chi connectivity index (χ1n) is 10.9. The van der Waals surface area contributed by atoms with Gasteiger partial charge in [-0.25, -0.2) is 4.79 Å². The molecule has 0 aromatic heterocycles. The molecule has 1 fully saturated rings. The predicted molar refractivity (Wildman–Crippen MR) is 150 cm³/mol. The number of urea groups is 1. The van der Waals surface area contributed by atoms with Crippen LogP contribution >= 0.6 is 46.4 Å². The molecule has 3 atom stereocenters. The summed E-state index contributed by atoms with van der Waals surface area (Å²) in [6.45, 7) is 2.08. The van der Waals surface area contributed by atoms with Crippen molar-refractivity contribution in [2.75, 3.05) is 17.4 Å². The number of hydrogen-bond acceptors (Lipinski definition) is 4. The van der Waals surface area contributed by atoms with Crippen LogP contribution in [-0.4, -0.2) is 33.6 Å². The van der Waals surface area contributed by atoms with E-state index in [4.69, 9.17) is 0 Å². The second-order valence-electron chi connectivity index (χ2n) is 8.04. The molecule has 4 rings (SSSR count). The van der Waals surface area contributed by atoms with Gasteiger partial charge in [0.2, 0.25) is 0 Å². The van der Waals surface area contributed by atoms with E-state index in [-0.39, 0.29) is 18.0 Å². The number of rotatable bonds is 6. The lowest BCUT2D eigenvalue weighted by molar-refractivity contribution is -0.128. The van der Waals surface area contributed by atoms with Crippen LogP contribution in [0.5, 0.6) is 0 Å². The van der Waals surface area contributed by atoms with Crippen LogP contribution in [0.1, 0.15) is 18.5 Å². The third-order valence-electron chi connectivity index (χ3n) is 5.83. The average Bonchev–Trinajstić information content (AvgIpc) is 3.06. The largest absolute Gasteiger partial charge is 0.331 e. The maximum atomic E-state index is 13.4. The number of thioether (sulfide) groups is 2. The van der Waals surface area contributed by atoms with Gasteiger partial charge in [0.05, 0.1) is 28.9 Å². The normalized spacial score (nSPS) is 21.5. The van der Waals surface area contributed by atoms with Gasteiger partial charge in [-0.1, -0.05) is 37.3 Å². The zero-order valence-electron chi connectivity index (χ0n) is 19.1. The fourth-order valence-corrected chi connectivity index (χ4v) is 5.43. The van der Waals surface area contributed by atoms with Crippen molar-refractivity contribution < 1.29 is 9.59 Å². The summed E-state index contributed by atoms with van der Waals surface area (Å²) in [5.41, 5.74) is 2.53. The molecule has 176 valence electrons. The fraction of sp³-hybridized carbons (Fsp3) is 0.231. The van der Waals surface area contributed by atoms with Gasteiger partial charge >= 0.3 is 6.03 Å². The molecular weight excluding hydrogens is 577 g/mol. The number of carbonyl (C=O) groups is 2. The van der Waals surface area contributed by atoms with Crippen LogP contribution < -0.4 is 10.2 Å². The number of nitrogens with zero attached hydrogens (tertiary/aromatic N) is 2. The Bertz CT molecular complexity index is 1150. The number of benzene rings is 2. The van der Waals surface area contributed by atoms with E-state index in [1.807, 2.05) is 96.1 Å². The Morgan fingerprint density at radius 1 is 1.00 bits per heavy atom. The minimum atomic E-state index is -0.606. The van der Waals surface area contributed by atoms with Gasteiger partial charge in [-0.05, 0) is 72.5 Å². The molecule has 2 aliphatic rings. The van der Waals surface area contributed by atoms with Crippen LogP contribution in [0.4, 0.5) is 10.5 Å². The summed E-state index contributed by atoms with van der Waals surface area (Å²) in [4.78, 5) is 30.6. The third kappa shape index (κ3) is 5.23. The van der Waals surface area contributed by atoms with E-state index in [0.29, 0.717) is 11.6 Å². The summed E-state index contributed by atoms with van der Waals surface area (Å²) in [6, 6.07) is 15.0. The molecule has 2 aromatic carbocycles. The highest BCUT2D eigenvalue weighted by atomic mass is 127. The second kappa shape index (κ2) is 11.0. The minimum Gasteiger partial charge on any atom is -0.307 e. The third-order valence-corrected chi connectivity index (χ3v) is 8.36. The lowest BCUT2D eigenvalue weighted by atomic mass is 9.87. The van der Waals surface area contributed by atoms with Gasteiger partial charge in [0.15, 0.2) is 0 Å². The molecule has 3 unspecified atom stereocenters. The summed E-state index contributed by atoms with van der Waals surface area (Å²) < 4.78 is 1.49. The van der Waals surface area contributed by atoms with Gasteiger partial charge in [0.1, 0.15) is 6.04 Å². The number of halogens is 1. The zero-order chi connectivity index (χ0) is 24.2. The van der Waals surface area contributed by atoms with E-state index in [1.165, 1.54) is 3.11 Å². The Morgan fingerprint density at radius 2 is 1.62 bits per heavy atom. The Kier molecular flexibility index (Phi) is 8.10. The number of β-lactam (4-membered cyclic amide) rings is 1. The molecule has 5 nitrogen and oxygen atoms in total. The number of nitrogens with one attached hydrogen (secondary N) is 1. The first kappa shape index (κ1) is 24.9. The van der Waals surface area contributed by atoms with Gasteiger partial charge in [0, 0.05) is 21.2 Å². The number of allylic oxidation sites excluding steroid dienone is 5. The van der Waals surface area contributed by atoms with Crippen LogP contribution in [0, 0.1) is 5.92 Å². The molecule has 0 radical (unpaired) electrons. The Hall–Kier alpha value is -2.17. The summed E-state index contributed by atoms with van der Waals surface area (Å²) in [5, 5.41) is 2.93. The minimum absolute atomic E-state index is 0.0979. The zero-order valence-corrected chi connectivity index (χ0v) is 22.9. The summed E-state index contributed by atoms with van der Waals surface area (Å²) in [6.07, 6.45) is 13.8. The van der Waals surface area contributed by atoms with Crippen molar-refractivity contribution in [3.05, 3.63) is 90.2 Å². The van der Waals surface area contributed by atoms with Gasteiger partial charge in [-0.2, -0.15) is 0 Å². The Morgan fingerprint density at radius 3 is 2.24 bits per heavy atom. The van der Waals surface area contributed by atoms with E-state index in [0.717, 1.165) is 21.0 Å². The van der Waals surface area contributed by atoms with Gasteiger partial charge < -0.3 is 10.2 Å². The molecule has 0 bridgehead atoms. The lowest BCUT2D eigenvalue weighted by Gasteiger charge is -2.49. The number of amides is 3. The second-order valence-corrected chi connectivity index (χ2v) is 10.8. The van der Waals surface area contributed by atoms with Crippen LogP contribution in [0.25, 0.3) is 0 Å². The molecule has 1 aliphatic carbocycles. The molecule has 8 heteroatoms. The number of hydrogen-bond donors (Lipinski definition) is 1. The first-order chi connectivity index (χ1) is 16.4. The van der Waals surface area contributed by atoms with E-state index < -0.39 is 6.04 Å². The topological polar surface area (TPSA) is 52.7 Å². The molecule has 1 N–H and O–H groups in total. The maximum Gasteiger partial charge on any atom is 0.331 e. The molecular formula is C26H26IN3O2S2. The smallest absolute Gasteiger partial charge is 0.307 e. The van der Waals surface area contributed by atoms with Crippen LogP contribution in [0.15, 0.2) is 94.4 Å². The highest BCUT2D eigenvalue weighted by Crippen LogP contribution is 2.43. The summed E-state index contributed by atoms with van der Waals surface area (Å²) >= 11 is 5.30. The van der Waals surface area contributed by atoms with E-state index in [9.17, 15) is 9.59 Å². The fourth-order valence-electron chi connectivity index (χ4n) is 3.95. The van der Waals surface area contributed by atoms with E-state index in [1.54, 1.807) is 28.4 Å². The lowest BCUT2D eigenvalue weighted by Crippen LogP contribution is -2.65. The van der Waals surface area contributed by atoms with Crippen molar-refractivity contribution in [2.45, 2.75) is 28.8 Å². The summed E-state index contributed by atoms with van der Waals surface area (Å²) in [5.74, 6) is 0.202. The molecule has 2 aromatic rings. The van der Waals surface area contributed by atoms with Crippen LogP contribution in [0.3, 0.4) is 0 Å². The van der Waals surface area contributed by atoms with Gasteiger partial charge in [-0.15, -0.1) is 23.5 Å². The van der Waals surface area contributed by atoms with Crippen molar-refractivity contribution >= 4 is 64.0 Å². The molecule has 34 heavy (non-hydrogen) atoms. The highest BCUT2D eigenvalue weighted by Gasteiger charge is 2.53. The molecule has 1 aliphatic heterocycles. The monoisotopic (exact) mass is 603 g/mol. The molecule has 1 saturated heterocycles. The number of anilines is 1. The summed E-state index contributed by atoms with van der Waals surface area (Å²) in [7, 11) is 0. The highest BCUT2D eigenvalue weighted by molar-refractivity contribution is 14.1. The Labute approximate surface area is 223 Å². The molecule has 0 spiro atoms. The standard InChI is InChI=1S/C26H26IN3O2S2/c1-17-5-4-6-19(10-7-17)28-26(32)30(27)24-23(18-8-13-21(33-2)14-9-18)29(25(24)31)20-11-15-22(34-3)16-12-20/h4-17,23-24H,1-3H3,(H,28,32). The van der Waals surface area contributed by atoms with E-state index >= 15 is 0 Å². The maximum absolute atomic E-state index is 13.4. The average molecular weight is 604 g/mol. The quantitative estimate of drug-likeness (QED) is 0.175. The van der Waals surface area contributed by atoms with Crippen molar-refractivity contribution in [3.63, 3.8) is 0 Å². The first-order valence-corrected chi connectivity index (χ1v) is 14.3. The SMILES string of the molecule is CSc1ccc(C2C(N(I)C(=O)NC3=CC=CC(C)C=C3)C(=O)N2c2ccc(SC)cc2)cc1. The van der Waals surface area contributed by atoms with Crippen molar-refractivity contribution in [3.8, 4) is 0 Å². The van der Waals surface area contributed by atoms with Gasteiger partial charge in [0.25, 0.3) is 5.91 Å². The van der Waals surface area contributed by atoms with Gasteiger partial charge in [-0.3, -0.25) is 7.91 Å². The van der Waals surface area contributed by atoms with Crippen LogP contribution in [-0.2, 0) is 4.79 Å². The number of carbonyl (C=O) groups excluding carboxylic acids is 2. The molecule has 0 saturated carbocycles. The van der Waals surface area contributed by atoms with Crippen molar-refractivity contribution in [1.82, 2.24) is 8.43 Å². The van der Waals surface area contributed by atoms with E-state index in [2.05, 4.69) is 30.4 Å². The molecule has 3 amide bonds. The molecule has 1 heterocycles. The van der Waals surface area contributed by atoms with Crippen LogP contribution in [0.2, 0.25) is 0 Å². The predicted octanol–water partition coefficient (Wildman–Crippen LogP) is 6.59. The van der Waals surface area contributed by atoms with Crippen molar-refractivity contribution in [2.24, 2.45) is 5.92 Å². The van der Waals surface area contributed by atoms with Crippen molar-refractivity contribution in [1.29, 1.82) is 0 Å². The Balaban J connectivity index is 1.60.